The molecule has 0 aliphatic rings. The second-order valence-corrected chi connectivity index (χ2v) is 1.41. The molecule has 1 atom stereocenters. The SMILES string of the molecule is CC([O])NC(=O)CN. The van der Waals surface area contributed by atoms with Crippen LogP contribution in [0.1, 0.15) is 6.92 Å². The number of hydrogen-bond acceptors (Lipinski definition) is 2. The van der Waals surface area contributed by atoms with Crippen molar-refractivity contribution in [2.24, 2.45) is 5.73 Å². The highest BCUT2D eigenvalue weighted by atomic mass is 16.3. The fraction of sp³-hybridized carbons (Fsp3) is 0.750. The van der Waals surface area contributed by atoms with Gasteiger partial charge in [0.15, 0.2) is 6.23 Å². The summed E-state index contributed by atoms with van der Waals surface area (Å²) in [6.07, 6.45) is -1.05. The molecule has 0 fully saturated rings. The molecule has 0 bridgehead atoms. The third kappa shape index (κ3) is 3.58. The summed E-state index contributed by atoms with van der Waals surface area (Å²) in [5, 5.41) is 12.2. The zero-order chi connectivity index (χ0) is 6.57. The quantitative estimate of drug-likeness (QED) is 0.447. The normalized spacial score (nSPS) is 12.9. The average molecular weight is 117 g/mol. The molecule has 0 aliphatic carbocycles. The van der Waals surface area contributed by atoms with Crippen LogP contribution in [-0.4, -0.2) is 18.7 Å². The van der Waals surface area contributed by atoms with Crippen LogP contribution < -0.4 is 11.1 Å². The van der Waals surface area contributed by atoms with Gasteiger partial charge in [-0.05, 0) is 6.92 Å². The Morgan fingerprint density at radius 3 is 2.50 bits per heavy atom. The first-order valence-electron chi connectivity index (χ1n) is 2.32. The highest BCUT2D eigenvalue weighted by molar-refractivity contribution is 5.77. The molecule has 0 saturated heterocycles. The number of rotatable bonds is 2. The summed E-state index contributed by atoms with van der Waals surface area (Å²) in [5.74, 6) is -0.410. The van der Waals surface area contributed by atoms with E-state index >= 15 is 0 Å². The molecule has 0 aromatic rings. The number of carbonyl (C=O) groups is 1. The lowest BCUT2D eigenvalue weighted by atomic mass is 10.5. The number of amides is 1. The summed E-state index contributed by atoms with van der Waals surface area (Å²) in [6, 6.07) is 0. The monoisotopic (exact) mass is 117 g/mol. The fourth-order valence-corrected chi connectivity index (χ4v) is 0.286. The van der Waals surface area contributed by atoms with E-state index in [1.165, 1.54) is 6.92 Å². The van der Waals surface area contributed by atoms with Crippen LogP contribution in [0.4, 0.5) is 0 Å². The van der Waals surface area contributed by atoms with E-state index in [4.69, 9.17) is 5.73 Å². The van der Waals surface area contributed by atoms with Gasteiger partial charge in [-0.3, -0.25) is 4.79 Å². The van der Waals surface area contributed by atoms with Gasteiger partial charge in [-0.2, -0.15) is 0 Å². The smallest absolute Gasteiger partial charge is 0.235 e. The molecule has 0 heterocycles. The van der Waals surface area contributed by atoms with Gasteiger partial charge >= 0.3 is 0 Å². The van der Waals surface area contributed by atoms with Crippen molar-refractivity contribution < 1.29 is 9.90 Å². The van der Waals surface area contributed by atoms with Gasteiger partial charge in [0, 0.05) is 0 Å². The molecule has 0 spiro atoms. The molecule has 8 heavy (non-hydrogen) atoms. The Hall–Kier alpha value is -0.610. The van der Waals surface area contributed by atoms with Crippen molar-refractivity contribution >= 4 is 5.91 Å². The Labute approximate surface area is 47.7 Å². The van der Waals surface area contributed by atoms with Crippen molar-refractivity contribution in [1.29, 1.82) is 0 Å². The van der Waals surface area contributed by atoms with Crippen LogP contribution in [0.5, 0.6) is 0 Å². The highest BCUT2D eigenvalue weighted by Crippen LogP contribution is 1.69. The second kappa shape index (κ2) is 3.40. The molecule has 4 heteroatoms. The van der Waals surface area contributed by atoms with Gasteiger partial charge in [0.2, 0.25) is 5.91 Å². The lowest BCUT2D eigenvalue weighted by Crippen LogP contribution is -2.35. The van der Waals surface area contributed by atoms with Crippen LogP contribution in [-0.2, 0) is 9.90 Å². The first kappa shape index (κ1) is 7.39. The summed E-state index contributed by atoms with van der Waals surface area (Å²) in [6.45, 7) is 1.22. The Morgan fingerprint density at radius 1 is 1.88 bits per heavy atom. The van der Waals surface area contributed by atoms with Crippen LogP contribution in [0.25, 0.3) is 0 Å². The first-order chi connectivity index (χ1) is 3.66. The summed E-state index contributed by atoms with van der Waals surface area (Å²) < 4.78 is 0. The topological polar surface area (TPSA) is 75.0 Å². The fourth-order valence-electron chi connectivity index (χ4n) is 0.286. The zero-order valence-electron chi connectivity index (χ0n) is 4.68. The third-order valence-electron chi connectivity index (χ3n) is 0.550. The van der Waals surface area contributed by atoms with Gasteiger partial charge in [0.25, 0.3) is 0 Å². The molecule has 0 saturated carbocycles. The van der Waals surface area contributed by atoms with E-state index in [9.17, 15) is 9.90 Å². The third-order valence-corrected chi connectivity index (χ3v) is 0.550. The summed E-state index contributed by atoms with van der Waals surface area (Å²) in [4.78, 5) is 10.2. The van der Waals surface area contributed by atoms with E-state index in [1.807, 2.05) is 0 Å². The Bertz CT molecular complexity index is 82.1. The summed E-state index contributed by atoms with van der Waals surface area (Å²) in [5.41, 5.74) is 4.87. The maximum absolute atomic E-state index is 10.2. The predicted molar refractivity (Wildman–Crippen MR) is 27.3 cm³/mol. The standard InChI is InChI=1S/C4H9N2O2/c1-3(7)6-4(8)2-5/h3H,2,5H2,1H3,(H,6,8). The lowest BCUT2D eigenvalue weighted by Gasteiger charge is -2.01. The summed E-state index contributed by atoms with van der Waals surface area (Å²) >= 11 is 0. The zero-order valence-corrected chi connectivity index (χ0v) is 4.68. The minimum atomic E-state index is -1.05. The van der Waals surface area contributed by atoms with Crippen molar-refractivity contribution in [2.45, 2.75) is 13.2 Å². The molecule has 47 valence electrons. The van der Waals surface area contributed by atoms with Gasteiger partial charge in [-0.25, -0.2) is 5.11 Å². The average Bonchev–Trinajstić information content (AvgIpc) is 1.65. The van der Waals surface area contributed by atoms with E-state index in [2.05, 4.69) is 5.32 Å². The molecule has 3 N–H and O–H groups in total. The maximum atomic E-state index is 10.2. The molecule has 0 aliphatic heterocycles. The number of hydrogen-bond donors (Lipinski definition) is 2. The molecule has 1 unspecified atom stereocenters. The molecule has 0 rings (SSSR count). The maximum Gasteiger partial charge on any atom is 0.235 e. The molecule has 0 aromatic heterocycles. The van der Waals surface area contributed by atoms with E-state index in [-0.39, 0.29) is 6.54 Å². The van der Waals surface area contributed by atoms with E-state index in [1.54, 1.807) is 0 Å². The van der Waals surface area contributed by atoms with Crippen molar-refractivity contribution in [3.63, 3.8) is 0 Å². The minimum Gasteiger partial charge on any atom is -0.327 e. The molecular formula is C4H9N2O2. The minimum absolute atomic E-state index is 0.118. The largest absolute Gasteiger partial charge is 0.327 e. The van der Waals surface area contributed by atoms with E-state index in [0.29, 0.717) is 0 Å². The second-order valence-electron chi connectivity index (χ2n) is 1.41. The molecule has 0 aromatic carbocycles. The van der Waals surface area contributed by atoms with Gasteiger partial charge < -0.3 is 11.1 Å². The number of nitrogens with one attached hydrogen (secondary N) is 1. The van der Waals surface area contributed by atoms with Crippen LogP contribution in [0.15, 0.2) is 0 Å². The van der Waals surface area contributed by atoms with Crippen molar-refractivity contribution in [3.05, 3.63) is 0 Å². The van der Waals surface area contributed by atoms with Gasteiger partial charge in [-0.1, -0.05) is 0 Å². The lowest BCUT2D eigenvalue weighted by molar-refractivity contribution is -0.123. The van der Waals surface area contributed by atoms with Gasteiger partial charge in [0.1, 0.15) is 0 Å². The Balaban J connectivity index is 3.25. The number of carbonyl (C=O) groups excluding carboxylic acids is 1. The molecule has 1 amide bonds. The van der Waals surface area contributed by atoms with Crippen LogP contribution in [0, 0.1) is 0 Å². The van der Waals surface area contributed by atoms with Gasteiger partial charge in [0.05, 0.1) is 6.54 Å². The number of nitrogens with two attached hydrogens (primary N) is 1. The predicted octanol–water partition coefficient (Wildman–Crippen LogP) is -1.16. The molecule has 4 nitrogen and oxygen atoms in total. The first-order valence-corrected chi connectivity index (χ1v) is 2.32. The van der Waals surface area contributed by atoms with E-state index < -0.39 is 12.1 Å². The van der Waals surface area contributed by atoms with Crippen LogP contribution in [0.3, 0.4) is 0 Å². The summed E-state index contributed by atoms with van der Waals surface area (Å²) in [7, 11) is 0. The van der Waals surface area contributed by atoms with Crippen molar-refractivity contribution in [2.75, 3.05) is 6.54 Å². The van der Waals surface area contributed by atoms with Crippen LogP contribution in [0.2, 0.25) is 0 Å². The van der Waals surface area contributed by atoms with Crippen molar-refractivity contribution in [3.8, 4) is 0 Å². The van der Waals surface area contributed by atoms with E-state index in [0.717, 1.165) is 0 Å². The molecule has 1 radical (unpaired) electrons. The van der Waals surface area contributed by atoms with Crippen LogP contribution >= 0.6 is 0 Å². The Morgan fingerprint density at radius 2 is 2.38 bits per heavy atom. The van der Waals surface area contributed by atoms with Gasteiger partial charge in [-0.15, -0.1) is 0 Å². The highest BCUT2D eigenvalue weighted by Gasteiger charge is 1.99. The van der Waals surface area contributed by atoms with Crippen molar-refractivity contribution in [1.82, 2.24) is 5.32 Å². The Kier molecular flexibility index (Phi) is 3.14. The molecular weight excluding hydrogens is 108 g/mol.